The summed E-state index contributed by atoms with van der Waals surface area (Å²) in [6.45, 7) is 2.94. The van der Waals surface area contributed by atoms with Crippen LogP contribution in [0.2, 0.25) is 0 Å². The van der Waals surface area contributed by atoms with E-state index < -0.39 is 0 Å². The molecule has 3 rings (SSSR count). The summed E-state index contributed by atoms with van der Waals surface area (Å²) in [4.78, 5) is 9.95. The molecule has 0 spiro atoms. The van der Waals surface area contributed by atoms with Crippen molar-refractivity contribution in [2.75, 3.05) is 0 Å². The Morgan fingerprint density at radius 2 is 2.05 bits per heavy atom. The highest BCUT2D eigenvalue weighted by Gasteiger charge is 2.08. The maximum atomic E-state index is 4.67. The summed E-state index contributed by atoms with van der Waals surface area (Å²) in [6, 6.07) is 8.54. The fourth-order valence-electron chi connectivity index (χ4n) is 1.93. The molecule has 0 amide bonds. The number of thiazole rings is 1. The van der Waals surface area contributed by atoms with Gasteiger partial charge in [-0.25, -0.2) is 4.98 Å². The summed E-state index contributed by atoms with van der Waals surface area (Å²) in [7, 11) is 0. The minimum Gasteiger partial charge on any atom is -0.305 e. The fourth-order valence-corrected chi connectivity index (χ4v) is 3.56. The Hall–Kier alpha value is -1.56. The Kier molecular flexibility index (Phi) is 4.20. The van der Waals surface area contributed by atoms with Crippen LogP contribution >= 0.6 is 22.7 Å². The van der Waals surface area contributed by atoms with E-state index in [9.17, 15) is 0 Å². The molecule has 0 fully saturated rings. The van der Waals surface area contributed by atoms with E-state index in [2.05, 4.69) is 45.1 Å². The number of pyridine rings is 1. The predicted molar refractivity (Wildman–Crippen MR) is 84.9 cm³/mol. The van der Waals surface area contributed by atoms with Gasteiger partial charge in [-0.05, 0) is 36.1 Å². The topological polar surface area (TPSA) is 37.8 Å². The first-order valence-corrected chi connectivity index (χ1v) is 8.20. The third-order valence-corrected chi connectivity index (χ3v) is 5.01. The quantitative estimate of drug-likeness (QED) is 0.770. The minimum atomic E-state index is 0.296. The molecule has 0 aromatic carbocycles. The van der Waals surface area contributed by atoms with E-state index in [1.54, 1.807) is 22.7 Å². The number of nitrogens with one attached hydrogen (secondary N) is 1. The Morgan fingerprint density at radius 1 is 1.20 bits per heavy atom. The van der Waals surface area contributed by atoms with Gasteiger partial charge in [0, 0.05) is 30.4 Å². The molecule has 0 unspecified atom stereocenters. The zero-order valence-electron chi connectivity index (χ0n) is 11.1. The number of hydrogen-bond acceptors (Lipinski definition) is 5. The molecule has 0 saturated carbocycles. The van der Waals surface area contributed by atoms with E-state index >= 15 is 0 Å². The molecule has 1 N–H and O–H groups in total. The van der Waals surface area contributed by atoms with Crippen LogP contribution in [0.4, 0.5) is 0 Å². The van der Waals surface area contributed by atoms with E-state index in [1.165, 1.54) is 10.4 Å². The van der Waals surface area contributed by atoms with Crippen molar-refractivity contribution in [1.29, 1.82) is 0 Å². The van der Waals surface area contributed by atoms with Crippen LogP contribution < -0.4 is 5.32 Å². The second-order valence-corrected chi connectivity index (χ2v) is 6.31. The molecule has 1 atom stereocenters. The number of nitrogens with zero attached hydrogens (tertiary/aromatic N) is 2. The molecule has 3 nitrogen and oxygen atoms in total. The van der Waals surface area contributed by atoms with Gasteiger partial charge in [-0.1, -0.05) is 6.07 Å². The molecule has 0 radical (unpaired) electrons. The molecule has 0 aliphatic carbocycles. The Labute approximate surface area is 126 Å². The molecule has 3 aromatic rings. The lowest BCUT2D eigenvalue weighted by Gasteiger charge is -2.12. The van der Waals surface area contributed by atoms with Crippen molar-refractivity contribution in [1.82, 2.24) is 15.3 Å². The van der Waals surface area contributed by atoms with Gasteiger partial charge in [0.05, 0.1) is 10.6 Å². The number of aromatic nitrogens is 2. The molecule has 3 heterocycles. The monoisotopic (exact) mass is 301 g/mol. The lowest BCUT2D eigenvalue weighted by atomic mass is 10.1. The minimum absolute atomic E-state index is 0.296. The van der Waals surface area contributed by atoms with Gasteiger partial charge >= 0.3 is 0 Å². The lowest BCUT2D eigenvalue weighted by Crippen LogP contribution is -2.18. The van der Waals surface area contributed by atoms with Gasteiger partial charge in [-0.3, -0.25) is 4.98 Å². The van der Waals surface area contributed by atoms with Gasteiger partial charge in [0.15, 0.2) is 0 Å². The molecule has 0 bridgehead atoms. The van der Waals surface area contributed by atoms with Gasteiger partial charge in [-0.2, -0.15) is 0 Å². The normalized spacial score (nSPS) is 12.4. The first-order chi connectivity index (χ1) is 9.83. The van der Waals surface area contributed by atoms with Crippen LogP contribution in [-0.2, 0) is 6.54 Å². The largest absolute Gasteiger partial charge is 0.305 e. The van der Waals surface area contributed by atoms with Crippen molar-refractivity contribution in [3.05, 3.63) is 58.7 Å². The molecule has 5 heteroatoms. The maximum absolute atomic E-state index is 4.67. The average molecular weight is 301 g/mol. The fraction of sp³-hybridized carbons (Fsp3) is 0.200. The molecule has 0 aliphatic rings. The van der Waals surface area contributed by atoms with Crippen LogP contribution in [0.15, 0.2) is 47.4 Å². The van der Waals surface area contributed by atoms with E-state index in [0.29, 0.717) is 6.04 Å². The van der Waals surface area contributed by atoms with E-state index in [1.807, 2.05) is 24.5 Å². The second kappa shape index (κ2) is 6.26. The van der Waals surface area contributed by atoms with Crippen LogP contribution in [0.5, 0.6) is 0 Å². The van der Waals surface area contributed by atoms with Gasteiger partial charge in [0.2, 0.25) is 0 Å². The van der Waals surface area contributed by atoms with Crippen LogP contribution in [0.25, 0.3) is 9.88 Å². The molecule has 0 saturated heterocycles. The third-order valence-electron chi connectivity index (χ3n) is 3.08. The zero-order valence-corrected chi connectivity index (χ0v) is 12.7. The predicted octanol–water partition coefficient (Wildman–Crippen LogP) is 4.12. The van der Waals surface area contributed by atoms with Gasteiger partial charge < -0.3 is 5.32 Å². The smallest absolute Gasteiger partial charge is 0.133 e. The van der Waals surface area contributed by atoms with Crippen molar-refractivity contribution in [3.8, 4) is 9.88 Å². The van der Waals surface area contributed by atoms with Crippen LogP contribution in [0, 0.1) is 0 Å². The Balaban J connectivity index is 1.62. The SMILES string of the molecule is C[C@@H](NCc1csc(-c2cccs2)n1)c1ccncc1. The highest BCUT2D eigenvalue weighted by molar-refractivity contribution is 7.20. The standard InChI is InChI=1S/C15H15N3S2/c1-11(12-4-6-16-7-5-12)17-9-13-10-20-15(18-13)14-3-2-8-19-14/h2-8,10-11,17H,9H2,1H3/t11-/m1/s1. The lowest BCUT2D eigenvalue weighted by molar-refractivity contribution is 0.569. The van der Waals surface area contributed by atoms with Crippen LogP contribution in [0.3, 0.4) is 0 Å². The van der Waals surface area contributed by atoms with Crippen molar-refractivity contribution in [2.45, 2.75) is 19.5 Å². The highest BCUT2D eigenvalue weighted by Crippen LogP contribution is 2.27. The van der Waals surface area contributed by atoms with Gasteiger partial charge in [-0.15, -0.1) is 22.7 Å². The summed E-state index contributed by atoms with van der Waals surface area (Å²) >= 11 is 3.44. The van der Waals surface area contributed by atoms with E-state index in [-0.39, 0.29) is 0 Å². The average Bonchev–Trinajstić information content (AvgIpc) is 3.16. The molecule has 3 aromatic heterocycles. The first kappa shape index (κ1) is 13.4. The molecule has 20 heavy (non-hydrogen) atoms. The second-order valence-electron chi connectivity index (χ2n) is 4.50. The van der Waals surface area contributed by atoms with Crippen LogP contribution in [0.1, 0.15) is 24.2 Å². The maximum Gasteiger partial charge on any atom is 0.133 e. The highest BCUT2D eigenvalue weighted by atomic mass is 32.1. The first-order valence-electron chi connectivity index (χ1n) is 6.44. The van der Waals surface area contributed by atoms with E-state index in [0.717, 1.165) is 17.2 Å². The third kappa shape index (κ3) is 3.12. The van der Waals surface area contributed by atoms with Gasteiger partial charge in [0.1, 0.15) is 5.01 Å². The van der Waals surface area contributed by atoms with Crippen molar-refractivity contribution in [3.63, 3.8) is 0 Å². The van der Waals surface area contributed by atoms with E-state index in [4.69, 9.17) is 0 Å². The van der Waals surface area contributed by atoms with Gasteiger partial charge in [0.25, 0.3) is 0 Å². The van der Waals surface area contributed by atoms with Crippen molar-refractivity contribution < 1.29 is 0 Å². The molecular weight excluding hydrogens is 286 g/mol. The Morgan fingerprint density at radius 3 is 2.80 bits per heavy atom. The zero-order chi connectivity index (χ0) is 13.8. The molecular formula is C15H15N3S2. The summed E-state index contributed by atoms with van der Waals surface area (Å²) in [5.41, 5.74) is 2.34. The Bertz CT molecular complexity index is 647. The summed E-state index contributed by atoms with van der Waals surface area (Å²) in [5, 5.41) is 8.81. The molecule has 102 valence electrons. The number of rotatable bonds is 5. The van der Waals surface area contributed by atoms with Crippen LogP contribution in [-0.4, -0.2) is 9.97 Å². The number of hydrogen-bond donors (Lipinski definition) is 1. The molecule has 0 aliphatic heterocycles. The number of thiophene rings is 1. The van der Waals surface area contributed by atoms with Crippen molar-refractivity contribution in [2.24, 2.45) is 0 Å². The summed E-state index contributed by atoms with van der Waals surface area (Å²) in [5.74, 6) is 0. The summed E-state index contributed by atoms with van der Waals surface area (Å²) < 4.78 is 0. The van der Waals surface area contributed by atoms with Crippen molar-refractivity contribution >= 4 is 22.7 Å². The summed E-state index contributed by atoms with van der Waals surface area (Å²) in [6.07, 6.45) is 3.65.